The van der Waals surface area contributed by atoms with Crippen LogP contribution in [0.25, 0.3) is 0 Å². The van der Waals surface area contributed by atoms with Gasteiger partial charge in [0.25, 0.3) is 0 Å². The van der Waals surface area contributed by atoms with Crippen molar-refractivity contribution in [2.45, 2.75) is 24.8 Å². The molecule has 1 amide bonds. The lowest BCUT2D eigenvalue weighted by Gasteiger charge is -2.12. The van der Waals surface area contributed by atoms with Crippen molar-refractivity contribution in [1.82, 2.24) is 0 Å². The Morgan fingerprint density at radius 1 is 1.09 bits per heavy atom. The van der Waals surface area contributed by atoms with E-state index >= 15 is 0 Å². The number of hydrogen-bond acceptors (Lipinski definition) is 5. The fourth-order valence-corrected chi connectivity index (χ4v) is 3.77. The number of anilines is 1. The fourth-order valence-electron chi connectivity index (χ4n) is 3.77. The van der Waals surface area contributed by atoms with E-state index in [1.165, 1.54) is 13.2 Å². The summed E-state index contributed by atoms with van der Waals surface area (Å²) in [6, 6.07) is 18.4. The molecule has 7 heteroatoms. The number of halogens is 1. The Morgan fingerprint density at radius 3 is 2.53 bits per heavy atom. The molecule has 0 bridgehead atoms. The smallest absolute Gasteiger partial charge is 0.322 e. The normalized spacial score (nSPS) is 15.6. The quantitative estimate of drug-likeness (QED) is 0.550. The summed E-state index contributed by atoms with van der Waals surface area (Å²) < 4.78 is 25.1. The lowest BCUT2D eigenvalue weighted by atomic mass is 9.93. The van der Waals surface area contributed by atoms with E-state index in [0.717, 1.165) is 16.8 Å². The summed E-state index contributed by atoms with van der Waals surface area (Å²) in [5, 5.41) is 2.84. The fraction of sp³-hybridized carbons (Fsp3) is 0.200. The first kappa shape index (κ1) is 21.5. The van der Waals surface area contributed by atoms with Gasteiger partial charge in [0.2, 0.25) is 5.91 Å². The third-order valence-corrected chi connectivity index (χ3v) is 5.48. The molecule has 0 aromatic heterocycles. The first-order chi connectivity index (χ1) is 15.4. The summed E-state index contributed by atoms with van der Waals surface area (Å²) in [6.45, 7) is 0. The second-order valence-electron chi connectivity index (χ2n) is 7.67. The number of methoxy groups -OCH3 is 1. The van der Waals surface area contributed by atoms with Crippen LogP contribution in [0, 0.1) is 5.82 Å². The van der Waals surface area contributed by atoms with E-state index in [4.69, 9.17) is 10.5 Å². The first-order valence-electron chi connectivity index (χ1n) is 10.2. The Hall–Kier alpha value is -3.71. The summed E-state index contributed by atoms with van der Waals surface area (Å²) in [4.78, 5) is 23.8. The molecular weight excluding hydrogens is 411 g/mol. The lowest BCUT2D eigenvalue weighted by Crippen LogP contribution is -2.33. The molecule has 164 valence electrons. The average Bonchev–Trinajstić information content (AvgIpc) is 3.11. The van der Waals surface area contributed by atoms with E-state index in [1.807, 2.05) is 24.3 Å². The number of ether oxygens (including phenoxy) is 2. The number of para-hydroxylation sites is 1. The van der Waals surface area contributed by atoms with Gasteiger partial charge in [0.15, 0.2) is 0 Å². The molecule has 2 atom stereocenters. The second-order valence-corrected chi connectivity index (χ2v) is 7.67. The summed E-state index contributed by atoms with van der Waals surface area (Å²) in [7, 11) is 1.30. The molecule has 0 saturated heterocycles. The number of hydrogen-bond donors (Lipinski definition) is 2. The Kier molecular flexibility index (Phi) is 6.18. The van der Waals surface area contributed by atoms with Crippen molar-refractivity contribution in [1.29, 1.82) is 0 Å². The SMILES string of the molecule is COC(=O)C(N)Cc1ccc(Oc2ccc(CC3C(=O)Nc4ccccc43)c(F)c2)cc1. The number of carbonyl (C=O) groups excluding carboxylic acids is 2. The van der Waals surface area contributed by atoms with Gasteiger partial charge in [-0.2, -0.15) is 0 Å². The molecule has 0 spiro atoms. The molecule has 3 aromatic carbocycles. The maximum Gasteiger partial charge on any atom is 0.322 e. The number of nitrogens with one attached hydrogen (secondary N) is 1. The number of nitrogens with two attached hydrogens (primary N) is 1. The van der Waals surface area contributed by atoms with Gasteiger partial charge in [-0.3, -0.25) is 9.59 Å². The van der Waals surface area contributed by atoms with Gasteiger partial charge in [0.1, 0.15) is 23.4 Å². The molecule has 0 saturated carbocycles. The zero-order valence-electron chi connectivity index (χ0n) is 17.5. The van der Waals surface area contributed by atoms with Crippen molar-refractivity contribution in [3.63, 3.8) is 0 Å². The van der Waals surface area contributed by atoms with Crippen LogP contribution in [-0.2, 0) is 27.2 Å². The zero-order valence-corrected chi connectivity index (χ0v) is 17.5. The van der Waals surface area contributed by atoms with Crippen LogP contribution >= 0.6 is 0 Å². The topological polar surface area (TPSA) is 90.7 Å². The number of carbonyl (C=O) groups is 2. The molecule has 1 heterocycles. The van der Waals surface area contributed by atoms with Crippen molar-refractivity contribution in [3.8, 4) is 11.5 Å². The summed E-state index contributed by atoms with van der Waals surface area (Å²) in [5.74, 6) is -0.577. The minimum atomic E-state index is -0.734. The van der Waals surface area contributed by atoms with Gasteiger partial charge in [0.05, 0.1) is 13.0 Å². The van der Waals surface area contributed by atoms with Gasteiger partial charge < -0.3 is 20.5 Å². The van der Waals surface area contributed by atoms with E-state index < -0.39 is 23.7 Å². The Morgan fingerprint density at radius 2 is 1.81 bits per heavy atom. The average molecular weight is 434 g/mol. The minimum Gasteiger partial charge on any atom is -0.468 e. The first-order valence-corrected chi connectivity index (χ1v) is 10.2. The van der Waals surface area contributed by atoms with Crippen LogP contribution in [-0.4, -0.2) is 25.0 Å². The van der Waals surface area contributed by atoms with Gasteiger partial charge in [-0.05, 0) is 53.8 Å². The van der Waals surface area contributed by atoms with Crippen LogP contribution in [0.3, 0.4) is 0 Å². The molecule has 32 heavy (non-hydrogen) atoms. The predicted molar refractivity (Wildman–Crippen MR) is 118 cm³/mol. The Bertz CT molecular complexity index is 1150. The second kappa shape index (κ2) is 9.20. The summed E-state index contributed by atoms with van der Waals surface area (Å²) in [5.41, 5.74) is 8.73. The molecule has 0 aliphatic carbocycles. The van der Waals surface area contributed by atoms with Crippen molar-refractivity contribution in [2.75, 3.05) is 12.4 Å². The van der Waals surface area contributed by atoms with Gasteiger partial charge in [-0.1, -0.05) is 36.4 Å². The number of rotatable bonds is 7. The third-order valence-electron chi connectivity index (χ3n) is 5.48. The highest BCUT2D eigenvalue weighted by atomic mass is 19.1. The van der Waals surface area contributed by atoms with Crippen molar-refractivity contribution < 1.29 is 23.5 Å². The molecule has 3 aromatic rings. The predicted octanol–water partition coefficient (Wildman–Crippen LogP) is 3.94. The molecule has 1 aliphatic heterocycles. The zero-order chi connectivity index (χ0) is 22.7. The molecule has 2 unspecified atom stereocenters. The van der Waals surface area contributed by atoms with Crippen LogP contribution in [0.1, 0.15) is 22.6 Å². The lowest BCUT2D eigenvalue weighted by molar-refractivity contribution is -0.142. The van der Waals surface area contributed by atoms with Crippen molar-refractivity contribution >= 4 is 17.6 Å². The highest BCUT2D eigenvalue weighted by molar-refractivity contribution is 6.03. The van der Waals surface area contributed by atoms with Crippen LogP contribution in [0.5, 0.6) is 11.5 Å². The Balaban J connectivity index is 1.42. The van der Waals surface area contributed by atoms with E-state index in [1.54, 1.807) is 36.4 Å². The monoisotopic (exact) mass is 434 g/mol. The molecule has 3 N–H and O–H groups in total. The van der Waals surface area contributed by atoms with Crippen LogP contribution < -0.4 is 15.8 Å². The molecule has 4 rings (SSSR count). The largest absolute Gasteiger partial charge is 0.468 e. The van der Waals surface area contributed by atoms with E-state index in [0.29, 0.717) is 23.5 Å². The highest BCUT2D eigenvalue weighted by Gasteiger charge is 2.30. The standard InChI is InChI=1S/C25H23FN2O4/c1-31-25(30)22(27)12-15-6-9-17(10-7-15)32-18-11-8-16(21(26)14-18)13-20-19-4-2-3-5-23(19)28-24(20)29/h2-11,14,20,22H,12-13,27H2,1H3,(H,28,29). The van der Waals surface area contributed by atoms with Crippen molar-refractivity contribution in [2.24, 2.45) is 5.73 Å². The molecule has 1 aliphatic rings. The number of benzene rings is 3. The van der Waals surface area contributed by atoms with E-state index in [2.05, 4.69) is 10.1 Å². The van der Waals surface area contributed by atoms with Gasteiger partial charge >= 0.3 is 5.97 Å². The number of fused-ring (bicyclic) bond motifs is 1. The van der Waals surface area contributed by atoms with Gasteiger partial charge in [-0.25, -0.2) is 4.39 Å². The van der Waals surface area contributed by atoms with Crippen molar-refractivity contribution in [3.05, 3.63) is 89.2 Å². The van der Waals surface area contributed by atoms with E-state index in [-0.39, 0.29) is 12.3 Å². The molecule has 6 nitrogen and oxygen atoms in total. The third kappa shape index (κ3) is 4.63. The summed E-state index contributed by atoms with van der Waals surface area (Å²) in [6.07, 6.45) is 0.609. The molecular formula is C25H23FN2O4. The van der Waals surface area contributed by atoms with Crippen LogP contribution in [0.15, 0.2) is 66.7 Å². The molecule has 0 radical (unpaired) electrons. The van der Waals surface area contributed by atoms with Crippen LogP contribution in [0.4, 0.5) is 10.1 Å². The number of esters is 1. The number of amides is 1. The minimum absolute atomic E-state index is 0.127. The Labute approximate surface area is 185 Å². The highest BCUT2D eigenvalue weighted by Crippen LogP contribution is 2.35. The van der Waals surface area contributed by atoms with Crippen LogP contribution in [0.2, 0.25) is 0 Å². The van der Waals surface area contributed by atoms with Gasteiger partial charge in [0, 0.05) is 11.8 Å². The molecule has 0 fully saturated rings. The summed E-state index contributed by atoms with van der Waals surface area (Å²) >= 11 is 0. The maximum absolute atomic E-state index is 14.8. The maximum atomic E-state index is 14.8. The van der Waals surface area contributed by atoms with Gasteiger partial charge in [-0.15, -0.1) is 0 Å². The van der Waals surface area contributed by atoms with E-state index in [9.17, 15) is 14.0 Å².